The summed E-state index contributed by atoms with van der Waals surface area (Å²) in [6, 6.07) is 0. The summed E-state index contributed by atoms with van der Waals surface area (Å²) >= 11 is 0. The zero-order chi connectivity index (χ0) is 18.3. The Hall–Kier alpha value is -2.50. The minimum absolute atomic E-state index is 0.0322. The fourth-order valence-corrected chi connectivity index (χ4v) is 2.51. The van der Waals surface area contributed by atoms with E-state index in [9.17, 15) is 9.90 Å². The number of phenols is 1. The van der Waals surface area contributed by atoms with E-state index in [0.717, 1.165) is 16.7 Å². The van der Waals surface area contributed by atoms with E-state index in [1.807, 2.05) is 26.8 Å². The Morgan fingerprint density at radius 1 is 1.21 bits per heavy atom. The number of carbonyl (C=O) groups is 1. The number of ether oxygens (including phenoxy) is 2. The zero-order valence-corrected chi connectivity index (χ0v) is 14.8. The Balaban J connectivity index is 3.16. The van der Waals surface area contributed by atoms with Crippen molar-refractivity contribution in [2.45, 2.75) is 40.0 Å². The van der Waals surface area contributed by atoms with Crippen LogP contribution in [0.25, 0.3) is 0 Å². The van der Waals surface area contributed by atoms with Gasteiger partial charge in [-0.3, -0.25) is 4.79 Å². The molecule has 0 aliphatic rings. The number of oxime groups is 1. The van der Waals surface area contributed by atoms with Crippen LogP contribution in [0.15, 0.2) is 16.8 Å². The summed E-state index contributed by atoms with van der Waals surface area (Å²) in [7, 11) is 2.92. The van der Waals surface area contributed by atoms with Gasteiger partial charge in [0.15, 0.2) is 0 Å². The normalized spacial score (nSPS) is 11.8. The van der Waals surface area contributed by atoms with E-state index < -0.39 is 0 Å². The largest absolute Gasteiger partial charge is 0.507 e. The van der Waals surface area contributed by atoms with E-state index in [-0.39, 0.29) is 11.7 Å². The van der Waals surface area contributed by atoms with Crippen molar-refractivity contribution in [3.05, 3.63) is 33.9 Å². The molecule has 0 aromatic heterocycles. The number of rotatable bonds is 7. The Labute approximate surface area is 142 Å². The van der Waals surface area contributed by atoms with Crippen molar-refractivity contribution >= 4 is 12.2 Å². The molecule has 2 N–H and O–H groups in total. The lowest BCUT2D eigenvalue weighted by Gasteiger charge is -2.17. The molecule has 1 aromatic carbocycles. The summed E-state index contributed by atoms with van der Waals surface area (Å²) in [5.74, 6) is 0.387. The molecule has 0 aliphatic carbocycles. The molecule has 132 valence electrons. The third kappa shape index (κ3) is 4.50. The third-order valence-electron chi connectivity index (χ3n) is 4.12. The third-order valence-corrected chi connectivity index (χ3v) is 4.12. The lowest BCUT2D eigenvalue weighted by Crippen LogP contribution is -2.03. The number of allylic oxidation sites excluding steroid dienone is 2. The number of benzene rings is 1. The second kappa shape index (κ2) is 8.96. The molecule has 0 atom stereocenters. The molecule has 1 aromatic rings. The number of carbonyl (C=O) groups excluding carboxylic acids is 1. The summed E-state index contributed by atoms with van der Waals surface area (Å²) in [5, 5.41) is 22.4. The van der Waals surface area contributed by atoms with Gasteiger partial charge in [-0.2, -0.15) is 0 Å². The molecule has 0 aliphatic heterocycles. The standard InChI is InChI=1S/C18H25NO5/c1-11(7-9-16(20)23-4)6-8-14-17(21)15(10-19-22)12(2)13(3)18(14)24-5/h6,10,21-22H,7-9H2,1-5H3/b11-6+,19-10+. The van der Waals surface area contributed by atoms with Gasteiger partial charge in [-0.25, -0.2) is 0 Å². The van der Waals surface area contributed by atoms with E-state index in [2.05, 4.69) is 9.89 Å². The highest BCUT2D eigenvalue weighted by molar-refractivity contribution is 5.87. The number of hydrogen-bond donors (Lipinski definition) is 2. The molecule has 24 heavy (non-hydrogen) atoms. The maximum Gasteiger partial charge on any atom is 0.305 e. The molecule has 0 saturated heterocycles. The summed E-state index contributed by atoms with van der Waals surface area (Å²) in [6.45, 7) is 5.64. The Morgan fingerprint density at radius 3 is 2.42 bits per heavy atom. The number of nitrogens with zero attached hydrogens (tertiary/aromatic N) is 1. The van der Waals surface area contributed by atoms with E-state index >= 15 is 0 Å². The summed E-state index contributed by atoms with van der Waals surface area (Å²) in [5.41, 5.74) is 3.76. The summed E-state index contributed by atoms with van der Waals surface area (Å²) in [6.07, 6.45) is 4.50. The SMILES string of the molecule is COC(=O)CC/C(C)=C/Cc1c(O)c(/C=N/O)c(C)c(C)c1OC. The van der Waals surface area contributed by atoms with Crippen LogP contribution in [0.5, 0.6) is 11.5 Å². The number of phenolic OH excluding ortho intramolecular Hbond substituents is 1. The van der Waals surface area contributed by atoms with Gasteiger partial charge in [0, 0.05) is 17.5 Å². The first kappa shape index (κ1) is 19.5. The van der Waals surface area contributed by atoms with Gasteiger partial charge in [0.05, 0.1) is 20.4 Å². The van der Waals surface area contributed by atoms with E-state index in [1.54, 1.807) is 7.11 Å². The van der Waals surface area contributed by atoms with Crippen LogP contribution in [0.1, 0.15) is 42.0 Å². The van der Waals surface area contributed by atoms with Crippen molar-refractivity contribution in [1.29, 1.82) is 0 Å². The number of esters is 1. The first-order chi connectivity index (χ1) is 11.4. The average Bonchev–Trinajstić information content (AvgIpc) is 2.58. The molecule has 0 fully saturated rings. The van der Waals surface area contributed by atoms with Crippen molar-refractivity contribution in [3.8, 4) is 11.5 Å². The van der Waals surface area contributed by atoms with Gasteiger partial charge in [0.25, 0.3) is 0 Å². The average molecular weight is 335 g/mol. The molecule has 0 amide bonds. The lowest BCUT2D eigenvalue weighted by molar-refractivity contribution is -0.140. The van der Waals surface area contributed by atoms with Gasteiger partial charge >= 0.3 is 5.97 Å². The van der Waals surface area contributed by atoms with Crippen LogP contribution in [0.2, 0.25) is 0 Å². The molecule has 0 heterocycles. The van der Waals surface area contributed by atoms with Crippen molar-refractivity contribution in [1.82, 2.24) is 0 Å². The smallest absolute Gasteiger partial charge is 0.305 e. The first-order valence-electron chi connectivity index (χ1n) is 7.66. The zero-order valence-electron chi connectivity index (χ0n) is 14.8. The predicted octanol–water partition coefficient (Wildman–Crippen LogP) is 3.27. The molecule has 0 saturated carbocycles. The molecule has 0 unspecified atom stereocenters. The van der Waals surface area contributed by atoms with Crippen LogP contribution in [0.4, 0.5) is 0 Å². The maximum absolute atomic E-state index is 11.2. The van der Waals surface area contributed by atoms with Gasteiger partial charge in [-0.05, 0) is 44.7 Å². The van der Waals surface area contributed by atoms with Gasteiger partial charge < -0.3 is 19.8 Å². The molecule has 1 rings (SSSR count). The highest BCUT2D eigenvalue weighted by atomic mass is 16.5. The number of aromatic hydroxyl groups is 1. The number of hydrogen-bond acceptors (Lipinski definition) is 6. The molecule has 0 radical (unpaired) electrons. The van der Waals surface area contributed by atoms with Gasteiger partial charge in [-0.1, -0.05) is 16.8 Å². The van der Waals surface area contributed by atoms with Gasteiger partial charge in [0.2, 0.25) is 0 Å². The van der Waals surface area contributed by atoms with Crippen LogP contribution < -0.4 is 4.74 Å². The summed E-state index contributed by atoms with van der Waals surface area (Å²) in [4.78, 5) is 11.2. The highest BCUT2D eigenvalue weighted by Gasteiger charge is 2.18. The van der Waals surface area contributed by atoms with E-state index in [4.69, 9.17) is 9.94 Å². The van der Waals surface area contributed by atoms with Crippen molar-refractivity contribution in [2.75, 3.05) is 14.2 Å². The van der Waals surface area contributed by atoms with Crippen LogP contribution >= 0.6 is 0 Å². The second-order valence-corrected chi connectivity index (χ2v) is 5.60. The minimum Gasteiger partial charge on any atom is -0.507 e. The minimum atomic E-state index is -0.254. The molecule has 6 nitrogen and oxygen atoms in total. The molecule has 0 spiro atoms. The van der Waals surface area contributed by atoms with Crippen LogP contribution in [0, 0.1) is 13.8 Å². The van der Waals surface area contributed by atoms with Crippen molar-refractivity contribution in [2.24, 2.45) is 5.16 Å². The Kier molecular flexibility index (Phi) is 7.30. The summed E-state index contributed by atoms with van der Waals surface area (Å²) < 4.78 is 10.1. The fraction of sp³-hybridized carbons (Fsp3) is 0.444. The topological polar surface area (TPSA) is 88.4 Å². The maximum atomic E-state index is 11.2. The monoisotopic (exact) mass is 335 g/mol. The molecular weight excluding hydrogens is 310 g/mol. The Morgan fingerprint density at radius 2 is 1.88 bits per heavy atom. The van der Waals surface area contributed by atoms with Crippen LogP contribution in [-0.4, -0.2) is 36.7 Å². The van der Waals surface area contributed by atoms with E-state index in [0.29, 0.717) is 36.1 Å². The molecular formula is C18H25NO5. The van der Waals surface area contributed by atoms with E-state index in [1.165, 1.54) is 13.3 Å². The Bertz CT molecular complexity index is 662. The highest BCUT2D eigenvalue weighted by Crippen LogP contribution is 2.37. The predicted molar refractivity (Wildman–Crippen MR) is 92.2 cm³/mol. The van der Waals surface area contributed by atoms with Crippen molar-refractivity contribution in [3.63, 3.8) is 0 Å². The van der Waals surface area contributed by atoms with Crippen LogP contribution in [0.3, 0.4) is 0 Å². The van der Waals surface area contributed by atoms with Crippen LogP contribution in [-0.2, 0) is 16.0 Å². The number of methoxy groups -OCH3 is 2. The lowest BCUT2D eigenvalue weighted by atomic mass is 9.94. The fourth-order valence-electron chi connectivity index (χ4n) is 2.51. The second-order valence-electron chi connectivity index (χ2n) is 5.60. The molecule has 6 heteroatoms. The molecule has 0 bridgehead atoms. The first-order valence-corrected chi connectivity index (χ1v) is 7.66. The quantitative estimate of drug-likeness (QED) is 0.262. The van der Waals surface area contributed by atoms with Gasteiger partial charge in [-0.15, -0.1) is 0 Å². The van der Waals surface area contributed by atoms with Gasteiger partial charge in [0.1, 0.15) is 11.5 Å². The van der Waals surface area contributed by atoms with Crippen molar-refractivity contribution < 1.29 is 24.6 Å².